The third-order valence-electron chi connectivity index (χ3n) is 4.12. The predicted octanol–water partition coefficient (Wildman–Crippen LogP) is 1.59. The average molecular weight is 324 g/mol. The van der Waals surface area contributed by atoms with E-state index in [2.05, 4.69) is 20.9 Å². The molecule has 0 saturated carbocycles. The lowest BCUT2D eigenvalue weighted by Gasteiger charge is -2.27. The van der Waals surface area contributed by atoms with E-state index >= 15 is 0 Å². The fraction of sp³-hybridized carbons (Fsp3) is 0.278. The number of aryl methyl sites for hydroxylation is 1. The Labute approximate surface area is 140 Å². The van der Waals surface area contributed by atoms with Gasteiger partial charge in [0.15, 0.2) is 0 Å². The Kier molecular flexibility index (Phi) is 4.86. The van der Waals surface area contributed by atoms with Crippen molar-refractivity contribution in [1.82, 2.24) is 15.6 Å². The van der Waals surface area contributed by atoms with Crippen molar-refractivity contribution in [2.45, 2.75) is 6.92 Å². The molecule has 2 heterocycles. The van der Waals surface area contributed by atoms with Crippen molar-refractivity contribution < 1.29 is 9.59 Å². The molecule has 1 aliphatic heterocycles. The molecule has 3 rings (SSSR count). The second kappa shape index (κ2) is 7.23. The van der Waals surface area contributed by atoms with E-state index in [1.807, 2.05) is 19.1 Å². The molecule has 1 fully saturated rings. The summed E-state index contributed by atoms with van der Waals surface area (Å²) in [6, 6.07) is 8.68. The number of amides is 2. The van der Waals surface area contributed by atoms with Crippen LogP contribution in [0.3, 0.4) is 0 Å². The van der Waals surface area contributed by atoms with E-state index in [0.717, 1.165) is 18.7 Å². The number of rotatable bonds is 5. The second-order valence-electron chi connectivity index (χ2n) is 5.92. The van der Waals surface area contributed by atoms with Crippen LogP contribution in [0.25, 0.3) is 0 Å². The Morgan fingerprint density at radius 3 is 2.58 bits per heavy atom. The van der Waals surface area contributed by atoms with Gasteiger partial charge in [-0.2, -0.15) is 0 Å². The fourth-order valence-corrected chi connectivity index (χ4v) is 2.54. The molecule has 0 bridgehead atoms. The lowest BCUT2D eigenvalue weighted by molar-refractivity contribution is 0.0943. The zero-order valence-corrected chi connectivity index (χ0v) is 13.5. The van der Waals surface area contributed by atoms with Gasteiger partial charge in [-0.1, -0.05) is 12.1 Å². The summed E-state index contributed by atoms with van der Waals surface area (Å²) < 4.78 is 0. The summed E-state index contributed by atoms with van der Waals surface area (Å²) in [5.41, 5.74) is 2.36. The molecule has 0 unspecified atom stereocenters. The van der Waals surface area contributed by atoms with E-state index in [-0.39, 0.29) is 11.8 Å². The average Bonchev–Trinajstić information content (AvgIpc) is 2.55. The Morgan fingerprint density at radius 2 is 1.92 bits per heavy atom. The van der Waals surface area contributed by atoms with Gasteiger partial charge in [0.2, 0.25) is 0 Å². The number of aromatic nitrogens is 1. The maximum Gasteiger partial charge on any atom is 0.255 e. The Hall–Kier alpha value is -2.73. The molecule has 0 spiro atoms. The first kappa shape index (κ1) is 16.1. The Morgan fingerprint density at radius 1 is 1.17 bits per heavy atom. The number of hydrogen-bond donors (Lipinski definition) is 3. The van der Waals surface area contributed by atoms with E-state index in [1.54, 1.807) is 30.6 Å². The minimum absolute atomic E-state index is 0.171. The molecule has 2 amide bonds. The normalized spacial score (nSPS) is 13.9. The highest BCUT2D eigenvalue weighted by atomic mass is 16.2. The maximum atomic E-state index is 12.5. The van der Waals surface area contributed by atoms with Gasteiger partial charge in [-0.25, -0.2) is 0 Å². The third-order valence-corrected chi connectivity index (χ3v) is 4.12. The highest BCUT2D eigenvalue weighted by Crippen LogP contribution is 2.21. The highest BCUT2D eigenvalue weighted by molar-refractivity contribution is 6.09. The van der Waals surface area contributed by atoms with Crippen LogP contribution in [-0.2, 0) is 0 Å². The molecule has 24 heavy (non-hydrogen) atoms. The van der Waals surface area contributed by atoms with Crippen molar-refractivity contribution in [2.75, 3.05) is 25.0 Å². The van der Waals surface area contributed by atoms with Crippen molar-refractivity contribution >= 4 is 17.5 Å². The highest BCUT2D eigenvalue weighted by Gasteiger charge is 2.20. The molecule has 1 saturated heterocycles. The van der Waals surface area contributed by atoms with E-state index in [0.29, 0.717) is 29.3 Å². The molecule has 0 aliphatic carbocycles. The monoisotopic (exact) mass is 324 g/mol. The van der Waals surface area contributed by atoms with Gasteiger partial charge in [0, 0.05) is 43.5 Å². The summed E-state index contributed by atoms with van der Waals surface area (Å²) in [4.78, 5) is 28.8. The smallest absolute Gasteiger partial charge is 0.255 e. The van der Waals surface area contributed by atoms with E-state index in [9.17, 15) is 9.59 Å². The molecule has 3 N–H and O–H groups in total. The molecular weight excluding hydrogens is 304 g/mol. The predicted molar refractivity (Wildman–Crippen MR) is 92.1 cm³/mol. The Bertz CT molecular complexity index is 742. The summed E-state index contributed by atoms with van der Waals surface area (Å²) in [6.45, 7) is 4.37. The maximum absolute atomic E-state index is 12.5. The van der Waals surface area contributed by atoms with Gasteiger partial charge in [-0.15, -0.1) is 0 Å². The standard InChI is InChI=1S/C18H20N4O2/c1-12-3-2-4-15(18(24)21-11-13-9-20-10-13)16(12)22-17(23)14-5-7-19-8-6-14/h2-8,13,20H,9-11H2,1H3,(H,21,24)(H,22,23). The number of pyridine rings is 1. The van der Waals surface area contributed by atoms with Crippen molar-refractivity contribution in [1.29, 1.82) is 0 Å². The van der Waals surface area contributed by atoms with Crippen LogP contribution in [-0.4, -0.2) is 36.4 Å². The van der Waals surface area contributed by atoms with E-state index in [1.165, 1.54) is 0 Å². The summed E-state index contributed by atoms with van der Waals surface area (Å²) in [6.07, 6.45) is 3.13. The summed E-state index contributed by atoms with van der Waals surface area (Å²) in [5, 5.41) is 8.97. The van der Waals surface area contributed by atoms with Gasteiger partial charge in [0.05, 0.1) is 11.3 Å². The number of nitrogens with zero attached hydrogens (tertiary/aromatic N) is 1. The van der Waals surface area contributed by atoms with E-state index in [4.69, 9.17) is 0 Å². The van der Waals surface area contributed by atoms with Gasteiger partial charge >= 0.3 is 0 Å². The zero-order chi connectivity index (χ0) is 16.9. The number of carbonyl (C=O) groups excluding carboxylic acids is 2. The molecule has 0 radical (unpaired) electrons. The van der Waals surface area contributed by atoms with Gasteiger partial charge in [-0.05, 0) is 30.7 Å². The largest absolute Gasteiger partial charge is 0.352 e. The number of anilines is 1. The lowest BCUT2D eigenvalue weighted by atomic mass is 10.0. The molecule has 1 aliphatic rings. The van der Waals surface area contributed by atoms with Crippen LogP contribution in [0.15, 0.2) is 42.7 Å². The number of benzene rings is 1. The van der Waals surface area contributed by atoms with Gasteiger partial charge in [0.1, 0.15) is 0 Å². The first-order chi connectivity index (χ1) is 11.6. The van der Waals surface area contributed by atoms with E-state index < -0.39 is 0 Å². The topological polar surface area (TPSA) is 83.1 Å². The number of carbonyl (C=O) groups is 2. The third kappa shape index (κ3) is 3.60. The number of nitrogens with one attached hydrogen (secondary N) is 3. The van der Waals surface area contributed by atoms with Gasteiger partial charge in [-0.3, -0.25) is 14.6 Å². The molecule has 0 atom stereocenters. The first-order valence-corrected chi connectivity index (χ1v) is 7.95. The molecule has 6 heteroatoms. The van der Waals surface area contributed by atoms with Crippen LogP contribution < -0.4 is 16.0 Å². The van der Waals surface area contributed by atoms with Crippen LogP contribution in [0, 0.1) is 12.8 Å². The molecule has 1 aromatic heterocycles. The minimum atomic E-state index is -0.260. The number of hydrogen-bond acceptors (Lipinski definition) is 4. The fourth-order valence-electron chi connectivity index (χ4n) is 2.54. The second-order valence-corrected chi connectivity index (χ2v) is 5.92. The minimum Gasteiger partial charge on any atom is -0.352 e. The van der Waals surface area contributed by atoms with Crippen LogP contribution >= 0.6 is 0 Å². The SMILES string of the molecule is Cc1cccc(C(=O)NCC2CNC2)c1NC(=O)c1ccncc1. The van der Waals surface area contributed by atoms with Gasteiger partial charge in [0.25, 0.3) is 11.8 Å². The van der Waals surface area contributed by atoms with Crippen LogP contribution in [0.4, 0.5) is 5.69 Å². The van der Waals surface area contributed by atoms with Crippen molar-refractivity contribution in [3.05, 3.63) is 59.4 Å². The molecule has 2 aromatic rings. The summed E-state index contributed by atoms with van der Waals surface area (Å²) in [5.74, 6) is 0.0493. The zero-order valence-electron chi connectivity index (χ0n) is 13.5. The molecule has 1 aromatic carbocycles. The van der Waals surface area contributed by atoms with Gasteiger partial charge < -0.3 is 16.0 Å². The lowest BCUT2D eigenvalue weighted by Crippen LogP contribution is -2.48. The first-order valence-electron chi connectivity index (χ1n) is 7.95. The quantitative estimate of drug-likeness (QED) is 0.780. The van der Waals surface area contributed by atoms with Crippen molar-refractivity contribution in [2.24, 2.45) is 5.92 Å². The van der Waals surface area contributed by atoms with Crippen molar-refractivity contribution in [3.8, 4) is 0 Å². The molecular formula is C18H20N4O2. The molecule has 124 valence electrons. The molecule has 6 nitrogen and oxygen atoms in total. The van der Waals surface area contributed by atoms with Crippen LogP contribution in [0.5, 0.6) is 0 Å². The van der Waals surface area contributed by atoms with Crippen molar-refractivity contribution in [3.63, 3.8) is 0 Å². The Balaban J connectivity index is 1.76. The van der Waals surface area contributed by atoms with Crippen LogP contribution in [0.2, 0.25) is 0 Å². The summed E-state index contributed by atoms with van der Waals surface area (Å²) in [7, 11) is 0. The van der Waals surface area contributed by atoms with Crippen LogP contribution in [0.1, 0.15) is 26.3 Å². The summed E-state index contributed by atoms with van der Waals surface area (Å²) >= 11 is 0. The number of para-hydroxylation sites is 1.